The van der Waals surface area contributed by atoms with E-state index in [2.05, 4.69) is 53.2 Å². The zero-order valence-electron chi connectivity index (χ0n) is 17.0. The van der Waals surface area contributed by atoms with Crippen molar-refractivity contribution < 1.29 is 4.79 Å². The summed E-state index contributed by atoms with van der Waals surface area (Å²) < 4.78 is 0. The molecule has 1 aromatic carbocycles. The molecule has 0 saturated heterocycles. The van der Waals surface area contributed by atoms with Gasteiger partial charge in [0.25, 0.3) is 0 Å². The maximum atomic E-state index is 11.8. The number of rotatable bonds is 9. The molecule has 0 aromatic heterocycles. The summed E-state index contributed by atoms with van der Waals surface area (Å²) >= 11 is 0. The molecule has 2 fully saturated rings. The van der Waals surface area contributed by atoms with Crippen molar-refractivity contribution in [3.05, 3.63) is 35.9 Å². The standard InChI is InChI=1S/C22H34N4O.HI/c1-2-23-21(24-16-8-11-20(27)26-19-12-13-19)25-17-22(14-6-7-15-22)18-9-4-3-5-10-18;/h3-5,9-10,19H,2,6-8,11-17H2,1H3,(H,26,27)(H2,23,24,25);1H. The molecule has 5 nitrogen and oxygen atoms in total. The van der Waals surface area contributed by atoms with E-state index in [0.29, 0.717) is 12.5 Å². The van der Waals surface area contributed by atoms with Crippen LogP contribution < -0.4 is 16.0 Å². The first-order chi connectivity index (χ1) is 13.2. The van der Waals surface area contributed by atoms with Gasteiger partial charge in [-0.2, -0.15) is 0 Å². The van der Waals surface area contributed by atoms with Crippen molar-refractivity contribution in [3.63, 3.8) is 0 Å². The number of guanidine groups is 1. The average Bonchev–Trinajstić information content (AvgIpc) is 3.37. The minimum Gasteiger partial charge on any atom is -0.357 e. The molecule has 0 aliphatic heterocycles. The fourth-order valence-electron chi connectivity index (χ4n) is 3.94. The number of halogens is 1. The lowest BCUT2D eigenvalue weighted by Gasteiger charge is -2.28. The molecule has 0 spiro atoms. The summed E-state index contributed by atoms with van der Waals surface area (Å²) in [6.45, 7) is 4.51. The Kier molecular flexibility index (Phi) is 9.55. The van der Waals surface area contributed by atoms with Gasteiger partial charge in [0.1, 0.15) is 0 Å². The van der Waals surface area contributed by atoms with Crippen LogP contribution in [0.3, 0.4) is 0 Å². The Morgan fingerprint density at radius 3 is 2.50 bits per heavy atom. The second kappa shape index (κ2) is 11.6. The van der Waals surface area contributed by atoms with Gasteiger partial charge >= 0.3 is 0 Å². The second-order valence-electron chi connectivity index (χ2n) is 7.92. The highest BCUT2D eigenvalue weighted by Gasteiger charge is 2.35. The molecule has 156 valence electrons. The number of benzene rings is 1. The summed E-state index contributed by atoms with van der Waals surface area (Å²) in [5.74, 6) is 1.04. The molecule has 6 heteroatoms. The van der Waals surface area contributed by atoms with Crippen molar-refractivity contribution in [1.29, 1.82) is 0 Å². The van der Waals surface area contributed by atoms with Crippen molar-refractivity contribution in [2.24, 2.45) is 4.99 Å². The van der Waals surface area contributed by atoms with Gasteiger partial charge in [0.2, 0.25) is 5.91 Å². The molecule has 0 unspecified atom stereocenters. The predicted octanol–water partition coefficient (Wildman–Crippen LogP) is 3.73. The number of nitrogens with one attached hydrogen (secondary N) is 3. The fourth-order valence-corrected chi connectivity index (χ4v) is 3.94. The van der Waals surface area contributed by atoms with Crippen molar-refractivity contribution in [3.8, 4) is 0 Å². The molecule has 3 rings (SSSR count). The topological polar surface area (TPSA) is 65.5 Å². The first-order valence-electron chi connectivity index (χ1n) is 10.6. The van der Waals surface area contributed by atoms with Crippen molar-refractivity contribution >= 4 is 35.8 Å². The molecule has 0 bridgehead atoms. The van der Waals surface area contributed by atoms with E-state index in [1.54, 1.807) is 0 Å². The highest BCUT2D eigenvalue weighted by atomic mass is 127. The summed E-state index contributed by atoms with van der Waals surface area (Å²) in [6.07, 6.45) is 8.68. The number of aliphatic imine (C=N–C) groups is 1. The first-order valence-corrected chi connectivity index (χ1v) is 10.6. The summed E-state index contributed by atoms with van der Waals surface area (Å²) in [4.78, 5) is 16.7. The van der Waals surface area contributed by atoms with E-state index >= 15 is 0 Å². The maximum absolute atomic E-state index is 11.8. The Balaban J connectivity index is 0.00000280. The Bertz CT molecular complexity index is 625. The number of carbonyl (C=O) groups excluding carboxylic acids is 1. The molecule has 0 heterocycles. The van der Waals surface area contributed by atoms with E-state index in [0.717, 1.165) is 44.9 Å². The van der Waals surface area contributed by atoms with Crippen molar-refractivity contribution in [1.82, 2.24) is 16.0 Å². The lowest BCUT2D eigenvalue weighted by Crippen LogP contribution is -2.39. The minimum atomic E-state index is 0. The summed E-state index contributed by atoms with van der Waals surface area (Å²) in [7, 11) is 0. The van der Waals surface area contributed by atoms with Crippen LogP contribution >= 0.6 is 24.0 Å². The van der Waals surface area contributed by atoms with Gasteiger partial charge in [-0.15, -0.1) is 24.0 Å². The number of amides is 1. The van der Waals surface area contributed by atoms with Gasteiger partial charge in [-0.05, 0) is 44.6 Å². The summed E-state index contributed by atoms with van der Waals surface area (Å²) in [5, 5.41) is 9.78. The van der Waals surface area contributed by atoms with Gasteiger partial charge in [-0.1, -0.05) is 43.2 Å². The van der Waals surface area contributed by atoms with E-state index in [-0.39, 0.29) is 35.3 Å². The Labute approximate surface area is 186 Å². The quantitative estimate of drug-likeness (QED) is 0.211. The second-order valence-corrected chi connectivity index (χ2v) is 7.92. The molecule has 0 radical (unpaired) electrons. The normalized spacial score (nSPS) is 18.2. The number of hydrogen-bond donors (Lipinski definition) is 3. The highest BCUT2D eigenvalue weighted by Crippen LogP contribution is 2.41. The van der Waals surface area contributed by atoms with Crippen LogP contribution in [0.4, 0.5) is 0 Å². The largest absolute Gasteiger partial charge is 0.357 e. The van der Waals surface area contributed by atoms with Gasteiger partial charge in [0, 0.05) is 31.0 Å². The van der Waals surface area contributed by atoms with Crippen LogP contribution in [-0.2, 0) is 10.2 Å². The molecule has 2 aliphatic carbocycles. The Morgan fingerprint density at radius 2 is 1.86 bits per heavy atom. The number of carbonyl (C=O) groups is 1. The monoisotopic (exact) mass is 498 g/mol. The van der Waals surface area contributed by atoms with Gasteiger partial charge in [0.15, 0.2) is 5.96 Å². The molecule has 28 heavy (non-hydrogen) atoms. The van der Waals surface area contributed by atoms with E-state index < -0.39 is 0 Å². The lowest BCUT2D eigenvalue weighted by molar-refractivity contribution is -0.121. The predicted molar refractivity (Wildman–Crippen MR) is 126 cm³/mol. The van der Waals surface area contributed by atoms with Gasteiger partial charge in [-0.25, -0.2) is 0 Å². The number of hydrogen-bond acceptors (Lipinski definition) is 2. The van der Waals surface area contributed by atoms with Gasteiger partial charge in [-0.3, -0.25) is 9.79 Å². The van der Waals surface area contributed by atoms with Crippen LogP contribution in [0.1, 0.15) is 63.9 Å². The zero-order valence-corrected chi connectivity index (χ0v) is 19.3. The van der Waals surface area contributed by atoms with Crippen LogP contribution in [0.25, 0.3) is 0 Å². The van der Waals surface area contributed by atoms with Crippen molar-refractivity contribution in [2.45, 2.75) is 69.7 Å². The zero-order chi connectivity index (χ0) is 19.0. The average molecular weight is 498 g/mol. The first kappa shape index (κ1) is 23.0. The van der Waals surface area contributed by atoms with Crippen LogP contribution in [0, 0.1) is 0 Å². The van der Waals surface area contributed by atoms with E-state index in [9.17, 15) is 4.79 Å². The maximum Gasteiger partial charge on any atom is 0.220 e. The van der Waals surface area contributed by atoms with Gasteiger partial charge < -0.3 is 16.0 Å². The third-order valence-corrected chi connectivity index (χ3v) is 5.65. The molecular weight excluding hydrogens is 463 g/mol. The molecule has 3 N–H and O–H groups in total. The molecule has 2 saturated carbocycles. The Morgan fingerprint density at radius 1 is 1.14 bits per heavy atom. The minimum absolute atomic E-state index is 0. The number of nitrogens with zero attached hydrogens (tertiary/aromatic N) is 1. The molecule has 2 aliphatic rings. The third-order valence-electron chi connectivity index (χ3n) is 5.65. The summed E-state index contributed by atoms with van der Waals surface area (Å²) in [6, 6.07) is 11.3. The third kappa shape index (κ3) is 6.94. The van der Waals surface area contributed by atoms with Gasteiger partial charge in [0.05, 0.1) is 6.54 Å². The molecule has 1 aromatic rings. The SMILES string of the molecule is CCNC(=NCC1(c2ccccc2)CCCC1)NCCCC(=O)NC1CC1.I. The van der Waals surface area contributed by atoms with E-state index in [1.165, 1.54) is 31.2 Å². The van der Waals surface area contributed by atoms with Crippen LogP contribution in [-0.4, -0.2) is 37.5 Å². The van der Waals surface area contributed by atoms with E-state index in [4.69, 9.17) is 4.99 Å². The molecule has 0 atom stereocenters. The molecular formula is C22H35IN4O. The lowest BCUT2D eigenvalue weighted by atomic mass is 9.79. The van der Waals surface area contributed by atoms with Crippen LogP contribution in [0.15, 0.2) is 35.3 Å². The van der Waals surface area contributed by atoms with Crippen molar-refractivity contribution in [2.75, 3.05) is 19.6 Å². The fraction of sp³-hybridized carbons (Fsp3) is 0.636. The summed E-state index contributed by atoms with van der Waals surface area (Å²) in [5.41, 5.74) is 1.59. The van der Waals surface area contributed by atoms with Crippen LogP contribution in [0.2, 0.25) is 0 Å². The Hall–Kier alpha value is -1.31. The highest BCUT2D eigenvalue weighted by molar-refractivity contribution is 14.0. The van der Waals surface area contributed by atoms with Crippen LogP contribution in [0.5, 0.6) is 0 Å². The smallest absolute Gasteiger partial charge is 0.220 e. The van der Waals surface area contributed by atoms with E-state index in [1.807, 2.05) is 0 Å². The molecule has 1 amide bonds.